The first kappa shape index (κ1) is 10.4. The average molecular weight is 190 g/mol. The first-order valence-corrected chi connectivity index (χ1v) is 4.25. The lowest BCUT2D eigenvalue weighted by atomic mass is 10.0. The van der Waals surface area contributed by atoms with Crippen molar-refractivity contribution in [3.05, 3.63) is 47.8 Å². The fraction of sp³-hybridized carbons (Fsp3) is 0.182. The van der Waals surface area contributed by atoms with Gasteiger partial charge in [0.2, 0.25) is 0 Å². The molecule has 72 valence electrons. The lowest BCUT2D eigenvalue weighted by Crippen LogP contribution is -2.09. The maximum atomic E-state index is 12.9. The minimum Gasteiger partial charge on any atom is -0.324 e. The third-order valence-electron chi connectivity index (χ3n) is 1.96. The van der Waals surface area contributed by atoms with Gasteiger partial charge in [0.1, 0.15) is 11.9 Å². The van der Waals surface area contributed by atoms with Gasteiger partial charge in [0.15, 0.2) is 0 Å². The Morgan fingerprint density at radius 2 is 2.36 bits per heavy atom. The van der Waals surface area contributed by atoms with E-state index in [9.17, 15) is 4.39 Å². The standard InChI is InChI=1S/C11H11FN2/c1-2-3-11(14)8-4-5-10(12)9(6-8)7-13/h2,4-6,11H,1,3,14H2/t11-/m0/s1. The van der Waals surface area contributed by atoms with Crippen molar-refractivity contribution in [2.75, 3.05) is 0 Å². The predicted molar refractivity (Wildman–Crippen MR) is 52.9 cm³/mol. The van der Waals surface area contributed by atoms with Gasteiger partial charge in [-0.05, 0) is 24.1 Å². The fourth-order valence-corrected chi connectivity index (χ4v) is 1.17. The normalized spacial score (nSPS) is 11.8. The second-order valence-corrected chi connectivity index (χ2v) is 2.98. The minimum atomic E-state index is -0.512. The molecule has 0 saturated heterocycles. The Balaban J connectivity index is 3.01. The molecule has 0 aliphatic rings. The highest BCUT2D eigenvalue weighted by molar-refractivity contribution is 5.35. The van der Waals surface area contributed by atoms with Gasteiger partial charge in [-0.25, -0.2) is 4.39 Å². The third-order valence-corrected chi connectivity index (χ3v) is 1.96. The second kappa shape index (κ2) is 4.54. The first-order valence-electron chi connectivity index (χ1n) is 4.25. The number of rotatable bonds is 3. The number of hydrogen-bond donors (Lipinski definition) is 1. The number of hydrogen-bond acceptors (Lipinski definition) is 2. The van der Waals surface area contributed by atoms with E-state index in [0.29, 0.717) is 6.42 Å². The lowest BCUT2D eigenvalue weighted by Gasteiger charge is -2.09. The molecular formula is C11H11FN2. The monoisotopic (exact) mass is 190 g/mol. The Bertz CT molecular complexity index is 379. The molecule has 1 aromatic carbocycles. The summed E-state index contributed by atoms with van der Waals surface area (Å²) in [5.41, 5.74) is 6.56. The smallest absolute Gasteiger partial charge is 0.140 e. The largest absolute Gasteiger partial charge is 0.324 e. The summed E-state index contributed by atoms with van der Waals surface area (Å²) in [6.07, 6.45) is 2.30. The number of benzene rings is 1. The molecule has 0 fully saturated rings. The molecular weight excluding hydrogens is 179 g/mol. The summed E-state index contributed by atoms with van der Waals surface area (Å²) >= 11 is 0. The fourth-order valence-electron chi connectivity index (χ4n) is 1.17. The topological polar surface area (TPSA) is 49.8 Å². The molecule has 1 rings (SSSR count). The molecule has 1 atom stereocenters. The summed E-state index contributed by atoms with van der Waals surface area (Å²) in [6.45, 7) is 3.57. The molecule has 0 saturated carbocycles. The van der Waals surface area contributed by atoms with Crippen LogP contribution in [0.3, 0.4) is 0 Å². The summed E-state index contributed by atoms with van der Waals surface area (Å²) in [4.78, 5) is 0. The van der Waals surface area contributed by atoms with Crippen LogP contribution in [-0.4, -0.2) is 0 Å². The molecule has 3 heteroatoms. The highest BCUT2D eigenvalue weighted by atomic mass is 19.1. The Hall–Kier alpha value is -1.66. The van der Waals surface area contributed by atoms with Crippen molar-refractivity contribution in [3.8, 4) is 6.07 Å². The quantitative estimate of drug-likeness (QED) is 0.743. The predicted octanol–water partition coefficient (Wildman–Crippen LogP) is 2.27. The van der Waals surface area contributed by atoms with E-state index in [1.165, 1.54) is 12.1 Å². The second-order valence-electron chi connectivity index (χ2n) is 2.98. The van der Waals surface area contributed by atoms with Crippen molar-refractivity contribution >= 4 is 0 Å². The SMILES string of the molecule is C=CC[C@H](N)c1ccc(F)c(C#N)c1. The van der Waals surface area contributed by atoms with Gasteiger partial charge in [-0.3, -0.25) is 0 Å². The van der Waals surface area contributed by atoms with Crippen molar-refractivity contribution < 1.29 is 4.39 Å². The summed E-state index contributed by atoms with van der Waals surface area (Å²) < 4.78 is 12.9. The van der Waals surface area contributed by atoms with Crippen LogP contribution in [0.5, 0.6) is 0 Å². The van der Waals surface area contributed by atoms with Gasteiger partial charge in [-0.2, -0.15) is 5.26 Å². The van der Waals surface area contributed by atoms with E-state index in [1.807, 2.05) is 0 Å². The van der Waals surface area contributed by atoms with Crippen molar-refractivity contribution in [3.63, 3.8) is 0 Å². The van der Waals surface area contributed by atoms with Gasteiger partial charge in [0.05, 0.1) is 5.56 Å². The molecule has 14 heavy (non-hydrogen) atoms. The molecule has 0 spiro atoms. The van der Waals surface area contributed by atoms with Crippen molar-refractivity contribution in [2.24, 2.45) is 5.73 Å². The van der Waals surface area contributed by atoms with E-state index in [0.717, 1.165) is 5.56 Å². The van der Waals surface area contributed by atoms with Crippen LogP contribution in [0.4, 0.5) is 4.39 Å². The van der Waals surface area contributed by atoms with Gasteiger partial charge in [0, 0.05) is 6.04 Å². The Morgan fingerprint density at radius 3 is 2.93 bits per heavy atom. The van der Waals surface area contributed by atoms with Gasteiger partial charge >= 0.3 is 0 Å². The molecule has 0 aliphatic heterocycles. The minimum absolute atomic E-state index is 0.0296. The summed E-state index contributed by atoms with van der Waals surface area (Å²) in [5.74, 6) is -0.512. The van der Waals surface area contributed by atoms with Crippen molar-refractivity contribution in [1.82, 2.24) is 0 Å². The van der Waals surface area contributed by atoms with Gasteiger partial charge < -0.3 is 5.73 Å². The number of nitrogens with two attached hydrogens (primary N) is 1. The highest BCUT2D eigenvalue weighted by Crippen LogP contribution is 2.17. The van der Waals surface area contributed by atoms with Gasteiger partial charge in [0.25, 0.3) is 0 Å². The van der Waals surface area contributed by atoms with Crippen molar-refractivity contribution in [1.29, 1.82) is 5.26 Å². The summed E-state index contributed by atoms with van der Waals surface area (Å²) in [6, 6.07) is 5.88. The van der Waals surface area contributed by atoms with Crippen molar-refractivity contribution in [2.45, 2.75) is 12.5 Å². The zero-order valence-corrected chi connectivity index (χ0v) is 7.70. The van der Waals surface area contributed by atoms with E-state index in [1.54, 1.807) is 18.2 Å². The molecule has 0 radical (unpaired) electrons. The molecule has 0 unspecified atom stereocenters. The van der Waals surface area contributed by atoms with Crippen LogP contribution in [0.2, 0.25) is 0 Å². The lowest BCUT2D eigenvalue weighted by molar-refractivity contribution is 0.621. The number of nitrogens with zero attached hydrogens (tertiary/aromatic N) is 1. The maximum Gasteiger partial charge on any atom is 0.140 e. The van der Waals surface area contributed by atoms with Gasteiger partial charge in [-0.15, -0.1) is 6.58 Å². The summed E-state index contributed by atoms with van der Waals surface area (Å²) in [7, 11) is 0. The molecule has 1 aromatic rings. The molecule has 0 aliphatic carbocycles. The zero-order valence-electron chi connectivity index (χ0n) is 7.70. The third kappa shape index (κ3) is 2.18. The van der Waals surface area contributed by atoms with Gasteiger partial charge in [-0.1, -0.05) is 12.1 Å². The van der Waals surface area contributed by atoms with E-state index >= 15 is 0 Å². The van der Waals surface area contributed by atoms with E-state index in [-0.39, 0.29) is 11.6 Å². The Labute approximate surface area is 82.5 Å². The Kier molecular flexibility index (Phi) is 3.38. The van der Waals surface area contributed by atoms with Crippen LogP contribution in [-0.2, 0) is 0 Å². The van der Waals surface area contributed by atoms with Crippen LogP contribution in [0.15, 0.2) is 30.9 Å². The van der Waals surface area contributed by atoms with Crippen LogP contribution in [0.25, 0.3) is 0 Å². The maximum absolute atomic E-state index is 12.9. The van der Waals surface area contributed by atoms with Crippen LogP contribution in [0, 0.1) is 17.1 Å². The molecule has 0 heterocycles. The van der Waals surface area contributed by atoms with E-state index in [4.69, 9.17) is 11.0 Å². The molecule has 0 bridgehead atoms. The first-order chi connectivity index (χ1) is 6.69. The number of nitriles is 1. The van der Waals surface area contributed by atoms with Crippen LogP contribution >= 0.6 is 0 Å². The molecule has 2 N–H and O–H groups in total. The average Bonchev–Trinajstić information content (AvgIpc) is 2.19. The Morgan fingerprint density at radius 1 is 1.64 bits per heavy atom. The highest BCUT2D eigenvalue weighted by Gasteiger charge is 2.07. The van der Waals surface area contributed by atoms with E-state index in [2.05, 4.69) is 6.58 Å². The number of halogens is 1. The summed E-state index contributed by atoms with van der Waals surface area (Å²) in [5, 5.41) is 8.60. The molecule has 0 amide bonds. The van der Waals surface area contributed by atoms with E-state index < -0.39 is 5.82 Å². The van der Waals surface area contributed by atoms with Crippen LogP contribution in [0.1, 0.15) is 23.6 Å². The zero-order chi connectivity index (χ0) is 10.6. The molecule has 2 nitrogen and oxygen atoms in total. The van der Waals surface area contributed by atoms with Crippen LogP contribution < -0.4 is 5.73 Å². The molecule has 0 aromatic heterocycles.